The van der Waals surface area contributed by atoms with Crippen molar-refractivity contribution in [2.75, 3.05) is 18.6 Å². The maximum atomic E-state index is 13.0. The summed E-state index contributed by atoms with van der Waals surface area (Å²) in [4.78, 5) is 42.0. The molecule has 0 unspecified atom stereocenters. The van der Waals surface area contributed by atoms with Gasteiger partial charge in [-0.1, -0.05) is 23.7 Å². The first-order valence-electron chi connectivity index (χ1n) is 12.1. The van der Waals surface area contributed by atoms with Crippen LogP contribution in [0.2, 0.25) is 5.02 Å². The molecule has 13 heteroatoms. The third-order valence-electron chi connectivity index (χ3n) is 5.79. The van der Waals surface area contributed by atoms with Crippen molar-refractivity contribution in [1.29, 1.82) is 0 Å². The molecular weight excluding hydrogens is 528 g/mol. The summed E-state index contributed by atoms with van der Waals surface area (Å²) in [5.74, 6) is -0.352. The van der Waals surface area contributed by atoms with Crippen LogP contribution in [0.1, 0.15) is 28.8 Å². The third-order valence-corrected chi connectivity index (χ3v) is 6.04. The Labute approximate surface area is 229 Å². The number of ether oxygens (including phenoxy) is 2. The lowest BCUT2D eigenvalue weighted by molar-refractivity contribution is 0.0539. The number of hydrogen-bond acceptors (Lipinski definition) is 8. The van der Waals surface area contributed by atoms with Crippen molar-refractivity contribution >= 4 is 35.3 Å². The molecule has 0 atom stereocenters. The van der Waals surface area contributed by atoms with Crippen LogP contribution in [0.15, 0.2) is 66.9 Å². The monoisotopic (exact) mass is 554 g/mol. The summed E-state index contributed by atoms with van der Waals surface area (Å²) in [6.45, 7) is 1.15. The van der Waals surface area contributed by atoms with E-state index in [0.29, 0.717) is 42.5 Å². The lowest BCUT2D eigenvalue weighted by Gasteiger charge is -2.32. The van der Waals surface area contributed by atoms with Crippen LogP contribution in [0.4, 0.5) is 15.3 Å². The molecule has 2 heterocycles. The molecule has 204 valence electrons. The molecule has 5 N–H and O–H groups in total. The number of amides is 4. The van der Waals surface area contributed by atoms with Gasteiger partial charge in [-0.3, -0.25) is 5.43 Å². The Hall–Kier alpha value is -4.39. The predicted octanol–water partition coefficient (Wildman–Crippen LogP) is 4.16. The summed E-state index contributed by atoms with van der Waals surface area (Å²) >= 11 is 5.92. The van der Waals surface area contributed by atoms with Gasteiger partial charge in [-0.2, -0.15) is 0 Å². The Kier molecular flexibility index (Phi) is 9.51. The maximum absolute atomic E-state index is 13.0. The normalized spacial score (nSPS) is 13.3. The molecule has 0 radical (unpaired) electrons. The molecule has 1 aromatic heterocycles. The summed E-state index contributed by atoms with van der Waals surface area (Å²) < 4.78 is 11.0. The molecule has 2 aromatic carbocycles. The highest BCUT2D eigenvalue weighted by Gasteiger charge is 2.31. The van der Waals surface area contributed by atoms with Crippen molar-refractivity contribution in [2.24, 2.45) is 0 Å². The number of hydrazine groups is 2. The Morgan fingerprint density at radius 3 is 2.36 bits per heavy atom. The second-order valence-electron chi connectivity index (χ2n) is 8.50. The average molecular weight is 555 g/mol. The molecule has 39 heavy (non-hydrogen) atoms. The van der Waals surface area contributed by atoms with Gasteiger partial charge in [0.25, 0.3) is 0 Å². The number of carboxylic acid groups (broad SMARTS) is 1. The average Bonchev–Trinajstić information content (AvgIpc) is 2.95. The number of hydrogen-bond donors (Lipinski definition) is 5. The number of nitrogens with one attached hydrogen (secondary N) is 4. The number of imide groups is 1. The molecule has 1 aliphatic heterocycles. The zero-order chi connectivity index (χ0) is 27.6. The molecule has 0 spiro atoms. The summed E-state index contributed by atoms with van der Waals surface area (Å²) in [5, 5.41) is 12.3. The van der Waals surface area contributed by atoms with Crippen molar-refractivity contribution in [3.63, 3.8) is 0 Å². The van der Waals surface area contributed by atoms with Crippen LogP contribution < -0.4 is 26.4 Å². The minimum absolute atomic E-state index is 0.0597. The van der Waals surface area contributed by atoms with E-state index in [0.717, 1.165) is 10.5 Å². The number of urea groups is 2. The summed E-state index contributed by atoms with van der Waals surface area (Å²) in [5.41, 5.74) is 9.46. The largest absolute Gasteiger partial charge is 0.478 e. The van der Waals surface area contributed by atoms with Crippen molar-refractivity contribution in [1.82, 2.24) is 26.2 Å². The van der Waals surface area contributed by atoms with E-state index >= 15 is 0 Å². The number of carbonyl (C=O) groups excluding carboxylic acids is 2. The van der Waals surface area contributed by atoms with E-state index in [-0.39, 0.29) is 24.0 Å². The Balaban J connectivity index is 1.29. The van der Waals surface area contributed by atoms with Gasteiger partial charge in [0, 0.05) is 43.1 Å². The van der Waals surface area contributed by atoms with Crippen LogP contribution in [-0.2, 0) is 11.3 Å². The van der Waals surface area contributed by atoms with Crippen molar-refractivity contribution in [2.45, 2.75) is 25.4 Å². The Bertz CT molecular complexity index is 1270. The fraction of sp³-hybridized carbons (Fsp3) is 0.231. The first kappa shape index (κ1) is 27.6. The van der Waals surface area contributed by atoms with Crippen LogP contribution in [-0.4, -0.2) is 52.3 Å². The second-order valence-corrected chi connectivity index (χ2v) is 8.93. The smallest absolute Gasteiger partial charge is 0.341 e. The van der Waals surface area contributed by atoms with Gasteiger partial charge in [-0.05, 0) is 60.9 Å². The minimum Gasteiger partial charge on any atom is -0.478 e. The number of anilines is 1. The van der Waals surface area contributed by atoms with Gasteiger partial charge in [0.15, 0.2) is 0 Å². The van der Waals surface area contributed by atoms with Crippen molar-refractivity contribution in [3.05, 3.63) is 83.0 Å². The molecule has 0 bridgehead atoms. The molecule has 1 fully saturated rings. The van der Waals surface area contributed by atoms with Gasteiger partial charge in [0.1, 0.15) is 5.75 Å². The molecule has 4 rings (SSSR count). The number of benzene rings is 2. The number of aromatic nitrogens is 1. The van der Waals surface area contributed by atoms with Gasteiger partial charge < -0.3 is 25.3 Å². The number of pyridine rings is 1. The first-order chi connectivity index (χ1) is 18.9. The molecule has 1 aliphatic rings. The third kappa shape index (κ3) is 8.04. The van der Waals surface area contributed by atoms with Gasteiger partial charge in [-0.25, -0.2) is 24.3 Å². The molecule has 4 amide bonds. The summed E-state index contributed by atoms with van der Waals surface area (Å²) in [7, 11) is 0. The number of halogens is 1. The van der Waals surface area contributed by atoms with Gasteiger partial charge in [-0.15, -0.1) is 5.53 Å². The number of aromatic carboxylic acids is 1. The standard InChI is InChI=1S/C26H27ClN6O6/c27-19-4-1-17(2-5-19)15-29-25(36)33(21-11-13-38-14-12-21)26(37)31-32-30-20-6-8-22(9-7-20)39-23-10-3-18(16-28-23)24(34)35/h1-10,16,21,30,32H,11-15H2,(H,29,36)(H,31,37)(H,34,35). The lowest BCUT2D eigenvalue weighted by Crippen LogP contribution is -2.57. The zero-order valence-electron chi connectivity index (χ0n) is 20.7. The highest BCUT2D eigenvalue weighted by molar-refractivity contribution is 6.30. The quantitative estimate of drug-likeness (QED) is 0.245. The minimum atomic E-state index is -1.07. The van der Waals surface area contributed by atoms with E-state index < -0.39 is 18.0 Å². The van der Waals surface area contributed by atoms with E-state index in [4.69, 9.17) is 26.2 Å². The number of carbonyl (C=O) groups is 3. The van der Waals surface area contributed by atoms with Gasteiger partial charge in [0.05, 0.1) is 11.3 Å². The van der Waals surface area contributed by atoms with E-state index in [1.54, 1.807) is 48.5 Å². The second kappa shape index (κ2) is 13.4. The highest BCUT2D eigenvalue weighted by Crippen LogP contribution is 2.21. The van der Waals surface area contributed by atoms with E-state index in [1.165, 1.54) is 18.3 Å². The van der Waals surface area contributed by atoms with Crippen LogP contribution >= 0.6 is 11.6 Å². The van der Waals surface area contributed by atoms with Crippen LogP contribution in [0.25, 0.3) is 0 Å². The molecule has 1 saturated heterocycles. The highest BCUT2D eigenvalue weighted by atomic mass is 35.5. The molecule has 0 aliphatic carbocycles. The predicted molar refractivity (Wildman–Crippen MR) is 142 cm³/mol. The van der Waals surface area contributed by atoms with Crippen LogP contribution in [0.5, 0.6) is 11.6 Å². The molecule has 12 nitrogen and oxygen atoms in total. The Morgan fingerprint density at radius 1 is 1.00 bits per heavy atom. The molecule has 3 aromatic rings. The lowest BCUT2D eigenvalue weighted by atomic mass is 10.1. The van der Waals surface area contributed by atoms with Crippen molar-refractivity contribution in [3.8, 4) is 11.6 Å². The first-order valence-corrected chi connectivity index (χ1v) is 12.4. The SMILES string of the molecule is O=C(O)c1ccc(Oc2ccc(NNNC(=O)N(C(=O)NCc3ccc(Cl)cc3)C3CCOCC3)cc2)nc1. The summed E-state index contributed by atoms with van der Waals surface area (Å²) in [6, 6.07) is 15.2. The van der Waals surface area contributed by atoms with Crippen LogP contribution in [0, 0.1) is 0 Å². The zero-order valence-corrected chi connectivity index (χ0v) is 21.5. The molecular formula is C26H27ClN6O6. The number of nitrogens with zero attached hydrogens (tertiary/aromatic N) is 2. The fourth-order valence-corrected chi connectivity index (χ4v) is 3.87. The Morgan fingerprint density at radius 2 is 1.72 bits per heavy atom. The van der Waals surface area contributed by atoms with E-state index in [1.807, 2.05) is 0 Å². The molecule has 0 saturated carbocycles. The van der Waals surface area contributed by atoms with E-state index in [9.17, 15) is 14.4 Å². The van der Waals surface area contributed by atoms with Crippen LogP contribution in [0.3, 0.4) is 0 Å². The topological polar surface area (TPSA) is 154 Å². The van der Waals surface area contributed by atoms with Crippen molar-refractivity contribution < 1.29 is 29.0 Å². The van der Waals surface area contributed by atoms with E-state index in [2.05, 4.69) is 26.7 Å². The maximum Gasteiger partial charge on any atom is 0.341 e. The summed E-state index contributed by atoms with van der Waals surface area (Å²) in [6.07, 6.45) is 2.27. The fourth-order valence-electron chi connectivity index (χ4n) is 3.74. The number of rotatable bonds is 9. The number of carboxylic acids is 1. The van der Waals surface area contributed by atoms with Gasteiger partial charge >= 0.3 is 18.0 Å². The van der Waals surface area contributed by atoms with Gasteiger partial charge in [0.2, 0.25) is 5.88 Å².